The molecule has 0 aliphatic heterocycles. The number of carboxylic acid groups (broad SMARTS) is 1. The molecule has 1 saturated carbocycles. The Hall–Kier alpha value is -2.11. The molecule has 20 heavy (non-hydrogen) atoms. The summed E-state index contributed by atoms with van der Waals surface area (Å²) in [4.78, 5) is 29.1. The maximum atomic E-state index is 12.2. The Morgan fingerprint density at radius 2 is 2.05 bits per heavy atom. The summed E-state index contributed by atoms with van der Waals surface area (Å²) in [5.74, 6) is -0.954. The van der Waals surface area contributed by atoms with E-state index in [1.165, 1.54) is 4.90 Å². The minimum atomic E-state index is -1.13. The molecular formula is C14H19N3O3. The Bertz CT molecular complexity index is 484. The van der Waals surface area contributed by atoms with E-state index in [2.05, 4.69) is 10.3 Å². The van der Waals surface area contributed by atoms with E-state index in [0.29, 0.717) is 18.5 Å². The Balaban J connectivity index is 2.11. The van der Waals surface area contributed by atoms with Crippen LogP contribution in [0.4, 0.5) is 10.5 Å². The van der Waals surface area contributed by atoms with Crippen LogP contribution in [0.3, 0.4) is 0 Å². The first kappa shape index (κ1) is 14.3. The molecule has 2 amide bonds. The molecule has 1 aliphatic rings. The van der Waals surface area contributed by atoms with Crippen molar-refractivity contribution in [3.63, 3.8) is 0 Å². The highest BCUT2D eigenvalue weighted by molar-refractivity contribution is 5.95. The Kier molecular flexibility index (Phi) is 4.22. The van der Waals surface area contributed by atoms with Crippen molar-refractivity contribution in [2.24, 2.45) is 0 Å². The number of nitrogens with one attached hydrogen (secondary N) is 1. The zero-order chi connectivity index (χ0) is 14.6. The summed E-state index contributed by atoms with van der Waals surface area (Å²) < 4.78 is 0. The fraction of sp³-hybridized carbons (Fsp3) is 0.500. The van der Waals surface area contributed by atoms with Gasteiger partial charge < -0.3 is 10.4 Å². The molecule has 6 heteroatoms. The zero-order valence-corrected chi connectivity index (χ0v) is 11.5. The third kappa shape index (κ3) is 2.89. The van der Waals surface area contributed by atoms with Crippen LogP contribution in [0.1, 0.15) is 32.1 Å². The van der Waals surface area contributed by atoms with Gasteiger partial charge in [-0.2, -0.15) is 0 Å². The number of pyridine rings is 1. The summed E-state index contributed by atoms with van der Waals surface area (Å²) in [6.07, 6.45) is 6.81. The number of urea groups is 1. The average Bonchev–Trinajstić information content (AvgIpc) is 2.48. The normalized spacial score (nSPS) is 17.2. The van der Waals surface area contributed by atoms with E-state index in [0.717, 1.165) is 19.3 Å². The predicted octanol–water partition coefficient (Wildman–Crippen LogP) is 2.01. The SMILES string of the molecule is CN(C(=O)NC1(C(=O)O)CCCCC1)c1cccnc1. The number of hydrogen-bond donors (Lipinski definition) is 2. The largest absolute Gasteiger partial charge is 0.480 e. The number of anilines is 1. The van der Waals surface area contributed by atoms with Crippen molar-refractivity contribution in [1.29, 1.82) is 0 Å². The number of rotatable bonds is 3. The summed E-state index contributed by atoms with van der Waals surface area (Å²) in [5, 5.41) is 12.1. The van der Waals surface area contributed by atoms with E-state index < -0.39 is 17.5 Å². The molecule has 1 heterocycles. The van der Waals surface area contributed by atoms with E-state index in [1.54, 1.807) is 31.6 Å². The molecule has 108 valence electrons. The van der Waals surface area contributed by atoms with Gasteiger partial charge in [0.15, 0.2) is 0 Å². The molecule has 1 aliphatic carbocycles. The number of carbonyl (C=O) groups excluding carboxylic acids is 1. The summed E-state index contributed by atoms with van der Waals surface area (Å²) in [5.41, 5.74) is -0.507. The third-order valence-electron chi connectivity index (χ3n) is 3.80. The van der Waals surface area contributed by atoms with E-state index in [4.69, 9.17) is 0 Å². The number of nitrogens with zero attached hydrogens (tertiary/aromatic N) is 2. The molecule has 0 radical (unpaired) electrons. The van der Waals surface area contributed by atoms with E-state index in [1.807, 2.05) is 0 Å². The van der Waals surface area contributed by atoms with Crippen molar-refractivity contribution >= 4 is 17.7 Å². The summed E-state index contributed by atoms with van der Waals surface area (Å²) in [6.45, 7) is 0. The van der Waals surface area contributed by atoms with Gasteiger partial charge >= 0.3 is 12.0 Å². The molecule has 2 N–H and O–H groups in total. The van der Waals surface area contributed by atoms with Crippen LogP contribution in [0.2, 0.25) is 0 Å². The van der Waals surface area contributed by atoms with Gasteiger partial charge in [0.1, 0.15) is 5.54 Å². The summed E-state index contributed by atoms with van der Waals surface area (Å²) in [6, 6.07) is 3.07. The van der Waals surface area contributed by atoms with Gasteiger partial charge in [-0.1, -0.05) is 19.3 Å². The molecule has 0 spiro atoms. The predicted molar refractivity (Wildman–Crippen MR) is 74.6 cm³/mol. The quantitative estimate of drug-likeness (QED) is 0.885. The van der Waals surface area contributed by atoms with E-state index >= 15 is 0 Å². The van der Waals surface area contributed by atoms with Crippen LogP contribution < -0.4 is 10.2 Å². The highest BCUT2D eigenvalue weighted by Crippen LogP contribution is 2.29. The van der Waals surface area contributed by atoms with Gasteiger partial charge in [-0.05, 0) is 25.0 Å². The highest BCUT2D eigenvalue weighted by atomic mass is 16.4. The van der Waals surface area contributed by atoms with Crippen LogP contribution in [0.5, 0.6) is 0 Å². The van der Waals surface area contributed by atoms with Crippen LogP contribution in [0, 0.1) is 0 Å². The fourth-order valence-corrected chi connectivity index (χ4v) is 2.51. The lowest BCUT2D eigenvalue weighted by Crippen LogP contribution is -2.58. The smallest absolute Gasteiger partial charge is 0.329 e. The number of hydrogen-bond acceptors (Lipinski definition) is 3. The van der Waals surface area contributed by atoms with E-state index in [9.17, 15) is 14.7 Å². The van der Waals surface area contributed by atoms with Gasteiger partial charge in [-0.3, -0.25) is 9.88 Å². The van der Waals surface area contributed by atoms with Crippen molar-refractivity contribution in [3.8, 4) is 0 Å². The molecular weight excluding hydrogens is 258 g/mol. The number of carbonyl (C=O) groups is 2. The van der Waals surface area contributed by atoms with Gasteiger partial charge in [-0.25, -0.2) is 9.59 Å². The minimum absolute atomic E-state index is 0.415. The highest BCUT2D eigenvalue weighted by Gasteiger charge is 2.41. The summed E-state index contributed by atoms with van der Waals surface area (Å²) in [7, 11) is 1.60. The Morgan fingerprint density at radius 3 is 2.60 bits per heavy atom. The second kappa shape index (κ2) is 5.90. The average molecular weight is 277 g/mol. The molecule has 0 saturated heterocycles. The van der Waals surface area contributed by atoms with Gasteiger partial charge in [0, 0.05) is 13.2 Å². The van der Waals surface area contributed by atoms with Crippen molar-refractivity contribution in [3.05, 3.63) is 24.5 Å². The van der Waals surface area contributed by atoms with Crippen molar-refractivity contribution < 1.29 is 14.7 Å². The molecule has 1 fully saturated rings. The number of amides is 2. The lowest BCUT2D eigenvalue weighted by molar-refractivity contribution is -0.145. The molecule has 2 rings (SSSR count). The molecule has 0 bridgehead atoms. The fourth-order valence-electron chi connectivity index (χ4n) is 2.51. The molecule has 1 aromatic rings. The second-order valence-corrected chi connectivity index (χ2v) is 5.15. The summed E-state index contributed by atoms with van der Waals surface area (Å²) >= 11 is 0. The minimum Gasteiger partial charge on any atom is -0.480 e. The lowest BCUT2D eigenvalue weighted by Gasteiger charge is -2.35. The molecule has 1 aromatic heterocycles. The number of aromatic nitrogens is 1. The van der Waals surface area contributed by atoms with E-state index in [-0.39, 0.29) is 0 Å². The van der Waals surface area contributed by atoms with Crippen LogP contribution in [-0.4, -0.2) is 34.7 Å². The molecule has 0 aromatic carbocycles. The Morgan fingerprint density at radius 1 is 1.35 bits per heavy atom. The molecule has 0 atom stereocenters. The van der Waals surface area contributed by atoms with Crippen molar-refractivity contribution in [1.82, 2.24) is 10.3 Å². The van der Waals surface area contributed by atoms with Crippen molar-refractivity contribution in [2.75, 3.05) is 11.9 Å². The molecule has 0 unspecified atom stereocenters. The first-order valence-electron chi connectivity index (χ1n) is 6.74. The zero-order valence-electron chi connectivity index (χ0n) is 11.5. The Labute approximate surface area is 117 Å². The standard InChI is InChI=1S/C14H19N3O3/c1-17(11-6-5-9-15-10-11)13(20)16-14(12(18)19)7-3-2-4-8-14/h5-6,9-10H,2-4,7-8H2,1H3,(H,16,20)(H,18,19). The maximum absolute atomic E-state index is 12.2. The second-order valence-electron chi connectivity index (χ2n) is 5.15. The monoisotopic (exact) mass is 277 g/mol. The van der Waals surface area contributed by atoms with Crippen LogP contribution in [0.15, 0.2) is 24.5 Å². The number of carboxylic acids is 1. The molecule has 6 nitrogen and oxygen atoms in total. The first-order chi connectivity index (χ1) is 9.55. The lowest BCUT2D eigenvalue weighted by atomic mass is 9.82. The van der Waals surface area contributed by atoms with Gasteiger partial charge in [0.05, 0.1) is 11.9 Å². The van der Waals surface area contributed by atoms with Gasteiger partial charge in [0.25, 0.3) is 0 Å². The van der Waals surface area contributed by atoms with Crippen LogP contribution in [-0.2, 0) is 4.79 Å². The number of aliphatic carboxylic acids is 1. The first-order valence-corrected chi connectivity index (χ1v) is 6.74. The van der Waals surface area contributed by atoms with Crippen LogP contribution in [0.25, 0.3) is 0 Å². The van der Waals surface area contributed by atoms with Gasteiger partial charge in [0.2, 0.25) is 0 Å². The van der Waals surface area contributed by atoms with Crippen LogP contribution >= 0.6 is 0 Å². The maximum Gasteiger partial charge on any atom is 0.329 e. The van der Waals surface area contributed by atoms with Crippen molar-refractivity contribution in [2.45, 2.75) is 37.6 Å². The third-order valence-corrected chi connectivity index (χ3v) is 3.80. The van der Waals surface area contributed by atoms with Gasteiger partial charge in [-0.15, -0.1) is 0 Å². The topological polar surface area (TPSA) is 82.5 Å².